The summed E-state index contributed by atoms with van der Waals surface area (Å²) in [6.45, 7) is 7.85. The number of benzene rings is 1. The quantitative estimate of drug-likeness (QED) is 0.812. The summed E-state index contributed by atoms with van der Waals surface area (Å²) in [6.07, 6.45) is 1.68. The molecule has 0 aliphatic carbocycles. The highest BCUT2D eigenvalue weighted by molar-refractivity contribution is 5.90. The lowest BCUT2D eigenvalue weighted by Gasteiger charge is -2.19. The van der Waals surface area contributed by atoms with Crippen molar-refractivity contribution in [3.05, 3.63) is 48.0 Å². The minimum Gasteiger partial charge on any atom is -0.354 e. The van der Waals surface area contributed by atoms with E-state index >= 15 is 0 Å². The molecule has 3 rings (SSSR count). The smallest absolute Gasteiger partial charge is 0.223 e. The molecule has 25 heavy (non-hydrogen) atoms. The zero-order valence-electron chi connectivity index (χ0n) is 14.7. The molecule has 1 aliphatic rings. The maximum atomic E-state index is 9.79. The van der Waals surface area contributed by atoms with Gasteiger partial charge in [-0.15, -0.1) is 0 Å². The van der Waals surface area contributed by atoms with E-state index in [9.17, 15) is 5.26 Å². The monoisotopic (exact) mass is 334 g/mol. The Bertz CT molecular complexity index is 834. The molecular weight excluding hydrogens is 312 g/mol. The van der Waals surface area contributed by atoms with Crippen LogP contribution in [0.3, 0.4) is 0 Å². The maximum absolute atomic E-state index is 9.79. The summed E-state index contributed by atoms with van der Waals surface area (Å²) in [5.74, 6) is 1.79. The SMILES string of the molecule is CCN1C(=C(C#N)c2ccnc(NCC(C)C)n2)Nc2ccccc21. The highest BCUT2D eigenvalue weighted by Crippen LogP contribution is 2.38. The summed E-state index contributed by atoms with van der Waals surface area (Å²) in [5, 5.41) is 16.4. The standard InChI is InChI=1S/C19H22N6/c1-4-25-17-8-6-5-7-16(17)23-18(25)14(11-20)15-9-10-21-19(24-15)22-12-13(2)3/h5-10,13,23H,4,12H2,1-3H3,(H,21,22,24). The van der Waals surface area contributed by atoms with E-state index in [1.165, 1.54) is 0 Å². The summed E-state index contributed by atoms with van der Waals surface area (Å²) >= 11 is 0. The van der Waals surface area contributed by atoms with Crippen molar-refractivity contribution in [1.82, 2.24) is 9.97 Å². The van der Waals surface area contributed by atoms with Crippen molar-refractivity contribution in [2.75, 3.05) is 28.6 Å². The molecule has 0 atom stereocenters. The third-order valence-electron chi connectivity index (χ3n) is 3.96. The first-order valence-electron chi connectivity index (χ1n) is 8.49. The van der Waals surface area contributed by atoms with Crippen LogP contribution in [0.25, 0.3) is 5.57 Å². The number of allylic oxidation sites excluding steroid dienone is 1. The molecule has 0 saturated carbocycles. The van der Waals surface area contributed by atoms with Crippen molar-refractivity contribution in [2.24, 2.45) is 5.92 Å². The summed E-state index contributed by atoms with van der Waals surface area (Å²) < 4.78 is 0. The van der Waals surface area contributed by atoms with Gasteiger partial charge in [-0.1, -0.05) is 26.0 Å². The number of hydrogen-bond acceptors (Lipinski definition) is 6. The average Bonchev–Trinajstić information content (AvgIpc) is 2.99. The zero-order chi connectivity index (χ0) is 17.8. The molecule has 0 bridgehead atoms. The lowest BCUT2D eigenvalue weighted by molar-refractivity contribution is 0.684. The van der Waals surface area contributed by atoms with Gasteiger partial charge < -0.3 is 15.5 Å². The van der Waals surface area contributed by atoms with E-state index in [1.54, 1.807) is 12.3 Å². The van der Waals surface area contributed by atoms with Gasteiger partial charge in [-0.25, -0.2) is 9.97 Å². The van der Waals surface area contributed by atoms with Crippen LogP contribution < -0.4 is 15.5 Å². The normalized spacial score (nSPS) is 14.8. The number of anilines is 3. The average molecular weight is 334 g/mol. The van der Waals surface area contributed by atoms with Crippen molar-refractivity contribution in [2.45, 2.75) is 20.8 Å². The highest BCUT2D eigenvalue weighted by Gasteiger charge is 2.26. The number of nitrogens with zero attached hydrogens (tertiary/aromatic N) is 4. The molecule has 2 N–H and O–H groups in total. The van der Waals surface area contributed by atoms with Gasteiger partial charge in [-0.3, -0.25) is 0 Å². The van der Waals surface area contributed by atoms with Gasteiger partial charge in [0.1, 0.15) is 17.5 Å². The third kappa shape index (κ3) is 3.41. The summed E-state index contributed by atoms with van der Waals surface area (Å²) in [6, 6.07) is 12.1. The number of para-hydroxylation sites is 2. The van der Waals surface area contributed by atoms with Crippen LogP contribution in [0.1, 0.15) is 26.5 Å². The number of nitrogens with one attached hydrogen (secondary N) is 2. The molecule has 1 aliphatic heterocycles. The van der Waals surface area contributed by atoms with Crippen molar-refractivity contribution in [1.29, 1.82) is 5.26 Å². The lowest BCUT2D eigenvalue weighted by Crippen LogP contribution is -2.22. The molecule has 6 nitrogen and oxygen atoms in total. The second-order valence-electron chi connectivity index (χ2n) is 6.26. The molecule has 1 aromatic carbocycles. The number of rotatable bonds is 5. The van der Waals surface area contributed by atoms with Gasteiger partial charge in [0.2, 0.25) is 5.95 Å². The van der Waals surface area contributed by atoms with Crippen molar-refractivity contribution in [3.8, 4) is 6.07 Å². The van der Waals surface area contributed by atoms with E-state index in [0.29, 0.717) is 23.1 Å². The van der Waals surface area contributed by atoms with Crippen LogP contribution in [-0.2, 0) is 0 Å². The molecular formula is C19H22N6. The fraction of sp³-hybridized carbons (Fsp3) is 0.316. The molecule has 0 spiro atoms. The predicted octanol–water partition coefficient (Wildman–Crippen LogP) is 3.69. The fourth-order valence-corrected chi connectivity index (χ4v) is 2.77. The third-order valence-corrected chi connectivity index (χ3v) is 3.96. The van der Waals surface area contributed by atoms with Gasteiger partial charge in [0, 0.05) is 19.3 Å². The second kappa shape index (κ2) is 7.22. The number of hydrogen-bond donors (Lipinski definition) is 2. The van der Waals surface area contributed by atoms with E-state index in [1.807, 2.05) is 24.3 Å². The van der Waals surface area contributed by atoms with E-state index in [2.05, 4.69) is 52.3 Å². The Morgan fingerprint density at radius 3 is 2.84 bits per heavy atom. The number of aromatic nitrogens is 2. The van der Waals surface area contributed by atoms with Crippen LogP contribution in [0, 0.1) is 17.2 Å². The summed E-state index contributed by atoms with van der Waals surface area (Å²) in [7, 11) is 0. The summed E-state index contributed by atoms with van der Waals surface area (Å²) in [4.78, 5) is 10.9. The van der Waals surface area contributed by atoms with Gasteiger partial charge in [-0.05, 0) is 31.0 Å². The van der Waals surface area contributed by atoms with Crippen LogP contribution in [0.2, 0.25) is 0 Å². The van der Waals surface area contributed by atoms with Crippen molar-refractivity contribution >= 4 is 22.9 Å². The molecule has 6 heteroatoms. The maximum Gasteiger partial charge on any atom is 0.223 e. The Morgan fingerprint density at radius 2 is 2.12 bits per heavy atom. The topological polar surface area (TPSA) is 76.9 Å². The van der Waals surface area contributed by atoms with Crippen LogP contribution in [0.4, 0.5) is 17.3 Å². The van der Waals surface area contributed by atoms with Gasteiger partial charge in [0.25, 0.3) is 0 Å². The van der Waals surface area contributed by atoms with Crippen molar-refractivity contribution < 1.29 is 0 Å². The number of nitriles is 1. The largest absolute Gasteiger partial charge is 0.354 e. The Kier molecular flexibility index (Phi) is 4.85. The van der Waals surface area contributed by atoms with E-state index < -0.39 is 0 Å². The first-order chi connectivity index (χ1) is 12.1. The molecule has 2 aromatic rings. The predicted molar refractivity (Wildman–Crippen MR) is 101 cm³/mol. The number of fused-ring (bicyclic) bond motifs is 1. The molecule has 2 heterocycles. The first kappa shape index (κ1) is 16.8. The highest BCUT2D eigenvalue weighted by atomic mass is 15.3. The lowest BCUT2D eigenvalue weighted by atomic mass is 10.2. The molecule has 1 aromatic heterocycles. The van der Waals surface area contributed by atoms with Crippen LogP contribution in [0.5, 0.6) is 0 Å². The summed E-state index contributed by atoms with van der Waals surface area (Å²) in [5.41, 5.74) is 3.19. The molecule has 0 unspecified atom stereocenters. The van der Waals surface area contributed by atoms with Gasteiger partial charge >= 0.3 is 0 Å². The van der Waals surface area contributed by atoms with Gasteiger partial charge in [0.15, 0.2) is 0 Å². The van der Waals surface area contributed by atoms with E-state index in [0.717, 1.165) is 30.3 Å². The fourth-order valence-electron chi connectivity index (χ4n) is 2.77. The second-order valence-corrected chi connectivity index (χ2v) is 6.26. The molecule has 128 valence electrons. The minimum absolute atomic E-state index is 0.489. The molecule has 0 saturated heterocycles. The van der Waals surface area contributed by atoms with Gasteiger partial charge in [-0.2, -0.15) is 5.26 Å². The van der Waals surface area contributed by atoms with Crippen LogP contribution in [-0.4, -0.2) is 23.1 Å². The van der Waals surface area contributed by atoms with Crippen LogP contribution >= 0.6 is 0 Å². The molecule has 0 fully saturated rings. The Morgan fingerprint density at radius 1 is 1.32 bits per heavy atom. The Balaban J connectivity index is 1.99. The van der Waals surface area contributed by atoms with Gasteiger partial charge in [0.05, 0.1) is 17.1 Å². The van der Waals surface area contributed by atoms with E-state index in [-0.39, 0.29) is 0 Å². The zero-order valence-corrected chi connectivity index (χ0v) is 14.7. The van der Waals surface area contributed by atoms with E-state index in [4.69, 9.17) is 0 Å². The Hall–Kier alpha value is -3.07. The molecule has 0 amide bonds. The van der Waals surface area contributed by atoms with Crippen molar-refractivity contribution in [3.63, 3.8) is 0 Å². The first-order valence-corrected chi connectivity index (χ1v) is 8.49. The Labute approximate surface area is 148 Å². The molecule has 0 radical (unpaired) electrons. The van der Waals surface area contributed by atoms with Crippen LogP contribution in [0.15, 0.2) is 42.3 Å². The minimum atomic E-state index is 0.489.